The maximum absolute atomic E-state index is 10.9. The third-order valence-electron chi connectivity index (χ3n) is 4.80. The molecule has 0 aromatic carbocycles. The van der Waals surface area contributed by atoms with E-state index in [1.807, 2.05) is 6.08 Å². The van der Waals surface area contributed by atoms with Crippen molar-refractivity contribution < 1.29 is 19.8 Å². The molecule has 0 rings (SSSR count). The SMILES string of the molecule is CCCCCCCCCCCCCCCCC=CC(CC(=O)O)C(=O)O.[KH]. The Morgan fingerprint density at radius 3 is 1.52 bits per heavy atom. The minimum atomic E-state index is -1.07. The number of unbranched alkanes of at least 4 members (excludes halogenated alkanes) is 14. The molecular weight excluding hydrogens is 367 g/mol. The van der Waals surface area contributed by atoms with Crippen molar-refractivity contribution in [2.75, 3.05) is 0 Å². The number of aliphatic carboxylic acids is 2. The molecule has 0 saturated heterocycles. The van der Waals surface area contributed by atoms with E-state index < -0.39 is 17.9 Å². The number of hydrogen-bond donors (Lipinski definition) is 2. The Morgan fingerprint density at radius 1 is 0.741 bits per heavy atom. The van der Waals surface area contributed by atoms with E-state index in [-0.39, 0.29) is 57.8 Å². The van der Waals surface area contributed by atoms with Crippen molar-refractivity contribution in [2.45, 2.75) is 110 Å². The Balaban J connectivity index is 0. The van der Waals surface area contributed by atoms with Crippen molar-refractivity contribution in [1.29, 1.82) is 0 Å². The summed E-state index contributed by atoms with van der Waals surface area (Å²) in [5, 5.41) is 17.6. The summed E-state index contributed by atoms with van der Waals surface area (Å²) in [6.45, 7) is 2.26. The summed E-state index contributed by atoms with van der Waals surface area (Å²) in [6.07, 6.45) is 22.3. The quantitative estimate of drug-likeness (QED) is 0.157. The van der Waals surface area contributed by atoms with Gasteiger partial charge in [0.2, 0.25) is 0 Å². The van der Waals surface area contributed by atoms with Crippen LogP contribution in [0.1, 0.15) is 110 Å². The van der Waals surface area contributed by atoms with E-state index in [1.165, 1.54) is 89.5 Å². The first-order valence-corrected chi connectivity index (χ1v) is 10.7. The molecule has 2 N–H and O–H groups in total. The first-order valence-electron chi connectivity index (χ1n) is 10.7. The molecule has 27 heavy (non-hydrogen) atoms. The molecule has 154 valence electrons. The molecule has 0 aromatic rings. The zero-order chi connectivity index (χ0) is 19.5. The van der Waals surface area contributed by atoms with Crippen molar-refractivity contribution in [3.8, 4) is 0 Å². The van der Waals surface area contributed by atoms with Crippen LogP contribution in [0.25, 0.3) is 0 Å². The summed E-state index contributed by atoms with van der Waals surface area (Å²) in [6, 6.07) is 0. The average molecular weight is 409 g/mol. The van der Waals surface area contributed by atoms with Crippen LogP contribution < -0.4 is 0 Å². The van der Waals surface area contributed by atoms with Gasteiger partial charge in [0.15, 0.2) is 0 Å². The Bertz CT molecular complexity index is 383. The summed E-state index contributed by atoms with van der Waals surface area (Å²) in [5.74, 6) is -3.04. The fourth-order valence-electron chi connectivity index (χ4n) is 3.14. The van der Waals surface area contributed by atoms with Crippen LogP contribution in [0.5, 0.6) is 0 Å². The predicted molar refractivity (Wildman–Crippen MR) is 115 cm³/mol. The van der Waals surface area contributed by atoms with Gasteiger partial charge in [0.25, 0.3) is 0 Å². The molecule has 1 atom stereocenters. The van der Waals surface area contributed by atoms with E-state index in [9.17, 15) is 9.59 Å². The van der Waals surface area contributed by atoms with E-state index in [0.717, 1.165) is 12.8 Å². The number of carboxylic acids is 2. The number of allylic oxidation sites excluding steroid dienone is 1. The first-order chi connectivity index (χ1) is 12.6. The third-order valence-corrected chi connectivity index (χ3v) is 4.80. The van der Waals surface area contributed by atoms with Gasteiger partial charge in [-0.1, -0.05) is 103 Å². The van der Waals surface area contributed by atoms with Crippen LogP contribution in [0.4, 0.5) is 0 Å². The van der Waals surface area contributed by atoms with Crippen molar-refractivity contribution in [3.63, 3.8) is 0 Å². The molecular formula is C22H41KO4. The van der Waals surface area contributed by atoms with Crippen LogP contribution in [-0.4, -0.2) is 73.5 Å². The summed E-state index contributed by atoms with van der Waals surface area (Å²) >= 11 is 0. The Labute approximate surface area is 209 Å². The fraction of sp³-hybridized carbons (Fsp3) is 0.818. The van der Waals surface area contributed by atoms with Gasteiger partial charge in [-0.3, -0.25) is 9.59 Å². The third kappa shape index (κ3) is 22.5. The van der Waals surface area contributed by atoms with E-state index in [2.05, 4.69) is 6.92 Å². The summed E-state index contributed by atoms with van der Waals surface area (Å²) < 4.78 is 0. The van der Waals surface area contributed by atoms with Gasteiger partial charge in [-0.2, -0.15) is 0 Å². The van der Waals surface area contributed by atoms with Gasteiger partial charge in [-0.25, -0.2) is 0 Å². The first kappa shape index (κ1) is 29.5. The Morgan fingerprint density at radius 2 is 1.15 bits per heavy atom. The second-order valence-electron chi connectivity index (χ2n) is 7.36. The van der Waals surface area contributed by atoms with Crippen LogP contribution >= 0.6 is 0 Å². The summed E-state index contributed by atoms with van der Waals surface area (Å²) in [5.41, 5.74) is 0. The van der Waals surface area contributed by atoms with Crippen LogP contribution in [0, 0.1) is 5.92 Å². The minimum absolute atomic E-state index is 0. The van der Waals surface area contributed by atoms with Gasteiger partial charge in [0, 0.05) is 0 Å². The molecule has 0 fully saturated rings. The van der Waals surface area contributed by atoms with Gasteiger partial charge in [0.05, 0.1) is 12.3 Å². The standard InChI is InChI=1S/C22H40O4.K.H/c1-2-3-4-5-6-7-8-9-10-11-12-13-14-15-16-17-18-20(22(25)26)19-21(23)24;;/h17-18,20H,2-16,19H2,1H3,(H,23,24)(H,25,26);;. The van der Waals surface area contributed by atoms with Crippen LogP contribution in [0.3, 0.4) is 0 Å². The molecule has 0 amide bonds. The zero-order valence-electron chi connectivity index (χ0n) is 16.8. The molecule has 5 heteroatoms. The molecule has 0 saturated carbocycles. The van der Waals surface area contributed by atoms with Crippen LogP contribution in [-0.2, 0) is 9.59 Å². The maximum atomic E-state index is 10.9. The van der Waals surface area contributed by atoms with E-state index in [4.69, 9.17) is 10.2 Å². The van der Waals surface area contributed by atoms with Crippen molar-refractivity contribution in [1.82, 2.24) is 0 Å². The molecule has 0 radical (unpaired) electrons. The number of carbonyl (C=O) groups is 2. The van der Waals surface area contributed by atoms with Gasteiger partial charge in [-0.15, -0.1) is 0 Å². The van der Waals surface area contributed by atoms with Gasteiger partial charge in [0.1, 0.15) is 0 Å². The monoisotopic (exact) mass is 408 g/mol. The fourth-order valence-corrected chi connectivity index (χ4v) is 3.14. The molecule has 0 aliphatic rings. The Kier molecular flexibility index (Phi) is 24.7. The summed E-state index contributed by atoms with van der Waals surface area (Å²) in [4.78, 5) is 21.5. The van der Waals surface area contributed by atoms with Gasteiger partial charge >= 0.3 is 63.3 Å². The second-order valence-corrected chi connectivity index (χ2v) is 7.36. The summed E-state index contributed by atoms with van der Waals surface area (Å²) in [7, 11) is 0. The number of rotatable bonds is 19. The molecule has 0 heterocycles. The zero-order valence-corrected chi connectivity index (χ0v) is 16.8. The van der Waals surface area contributed by atoms with Gasteiger partial charge < -0.3 is 10.2 Å². The van der Waals surface area contributed by atoms with Gasteiger partial charge in [-0.05, 0) is 12.8 Å². The molecule has 0 aliphatic carbocycles. The molecule has 4 nitrogen and oxygen atoms in total. The Hall–Kier alpha value is 0.316. The molecule has 0 aromatic heterocycles. The van der Waals surface area contributed by atoms with E-state index >= 15 is 0 Å². The van der Waals surface area contributed by atoms with Crippen LogP contribution in [0.2, 0.25) is 0 Å². The topological polar surface area (TPSA) is 74.6 Å². The molecule has 0 aliphatic heterocycles. The number of carboxylic acid groups (broad SMARTS) is 2. The molecule has 0 bridgehead atoms. The normalized spacial score (nSPS) is 12.0. The van der Waals surface area contributed by atoms with Crippen molar-refractivity contribution >= 4 is 63.3 Å². The van der Waals surface area contributed by atoms with E-state index in [0.29, 0.717) is 0 Å². The number of hydrogen-bond acceptors (Lipinski definition) is 2. The van der Waals surface area contributed by atoms with Crippen molar-refractivity contribution in [2.24, 2.45) is 5.92 Å². The molecule has 1 unspecified atom stereocenters. The molecule has 0 spiro atoms. The van der Waals surface area contributed by atoms with E-state index in [1.54, 1.807) is 0 Å². The average Bonchev–Trinajstić information content (AvgIpc) is 2.59. The predicted octanol–water partition coefficient (Wildman–Crippen LogP) is 5.94. The van der Waals surface area contributed by atoms with Crippen LogP contribution in [0.15, 0.2) is 12.2 Å². The van der Waals surface area contributed by atoms with Crippen molar-refractivity contribution in [3.05, 3.63) is 12.2 Å². The second kappa shape index (κ2) is 22.6.